The van der Waals surface area contributed by atoms with E-state index < -0.39 is 0 Å². The lowest BCUT2D eigenvalue weighted by Gasteiger charge is -2.27. The number of hydrogen-bond acceptors (Lipinski definition) is 3. The summed E-state index contributed by atoms with van der Waals surface area (Å²) in [6, 6.07) is 55.8. The third-order valence-electron chi connectivity index (χ3n) is 10.8. The molecule has 250 valence electrons. The van der Waals surface area contributed by atoms with Gasteiger partial charge in [0.25, 0.3) is 0 Å². The van der Waals surface area contributed by atoms with Crippen LogP contribution in [0.25, 0.3) is 91.4 Å². The van der Waals surface area contributed by atoms with Crippen LogP contribution in [0.15, 0.2) is 158 Å². The normalized spacial score (nSPS) is 12.2. The number of thiophene rings is 2. The van der Waals surface area contributed by atoms with Crippen LogP contribution in [-0.4, -0.2) is 4.40 Å². The summed E-state index contributed by atoms with van der Waals surface area (Å²) in [7, 11) is 0. The fourth-order valence-corrected chi connectivity index (χ4v) is 10.8. The van der Waals surface area contributed by atoms with E-state index in [0.717, 1.165) is 27.8 Å². The van der Waals surface area contributed by atoms with Crippen molar-refractivity contribution in [3.63, 3.8) is 0 Å². The summed E-state index contributed by atoms with van der Waals surface area (Å²) in [6.45, 7) is 6.73. The molecule has 0 radical (unpaired) electrons. The number of hydrogen-bond donors (Lipinski definition) is 0. The van der Waals surface area contributed by atoms with Gasteiger partial charge in [-0.25, -0.2) is 0 Å². The van der Waals surface area contributed by atoms with E-state index in [1.807, 2.05) is 22.7 Å². The largest absolute Gasteiger partial charge is 0.308 e. The Morgan fingerprint density at radius 1 is 0.547 bits per heavy atom. The summed E-state index contributed by atoms with van der Waals surface area (Å²) in [5, 5.41) is 8.67. The lowest BCUT2D eigenvalue weighted by Crippen LogP contribution is -2.11. The Morgan fingerprint density at radius 3 is 2.00 bits per heavy atom. The van der Waals surface area contributed by atoms with Crippen LogP contribution in [0.2, 0.25) is 0 Å². The quantitative estimate of drug-likeness (QED) is 0.172. The smallest absolute Gasteiger partial charge is 0.0782 e. The van der Waals surface area contributed by atoms with Crippen LogP contribution < -0.4 is 10.1 Å². The zero-order valence-electron chi connectivity index (χ0n) is 29.0. The second-order valence-corrected chi connectivity index (χ2v) is 15.8. The topological polar surface area (TPSA) is 7.65 Å². The zero-order valence-corrected chi connectivity index (χ0v) is 30.6. The first-order valence-electron chi connectivity index (χ1n) is 18.0. The van der Waals surface area contributed by atoms with Crippen molar-refractivity contribution in [1.29, 1.82) is 0 Å². The Kier molecular flexibility index (Phi) is 6.69. The predicted molar refractivity (Wildman–Crippen MR) is 234 cm³/mol. The average Bonchev–Trinajstić information content (AvgIpc) is 3.94. The highest BCUT2D eigenvalue weighted by Gasteiger charge is 2.23. The van der Waals surface area contributed by atoms with Crippen molar-refractivity contribution in [2.75, 3.05) is 4.90 Å². The zero-order chi connectivity index (χ0) is 35.2. The molecule has 4 heterocycles. The Bertz CT molecular complexity index is 3320. The molecule has 0 bridgehead atoms. The van der Waals surface area contributed by atoms with Crippen molar-refractivity contribution in [2.24, 2.45) is 0 Å². The van der Waals surface area contributed by atoms with Crippen LogP contribution in [0, 0.1) is 0 Å². The second-order valence-electron chi connectivity index (χ2n) is 13.7. The maximum atomic E-state index is 4.63. The molecular formula is C49H32N2S2. The third kappa shape index (κ3) is 4.43. The minimum Gasteiger partial charge on any atom is -0.308 e. The van der Waals surface area contributed by atoms with Gasteiger partial charge in [0, 0.05) is 73.3 Å². The molecule has 53 heavy (non-hydrogen) atoms. The first kappa shape index (κ1) is 30.4. The molecule has 0 atom stereocenters. The van der Waals surface area contributed by atoms with Crippen LogP contribution in [-0.2, 0) is 0 Å². The summed E-state index contributed by atoms with van der Waals surface area (Å²) in [5.74, 6) is 0. The van der Waals surface area contributed by atoms with Crippen LogP contribution >= 0.6 is 22.7 Å². The Labute approximate surface area is 314 Å². The van der Waals surface area contributed by atoms with Gasteiger partial charge in [0.15, 0.2) is 0 Å². The summed E-state index contributed by atoms with van der Waals surface area (Å²) >= 11 is 3.74. The molecule has 0 aliphatic rings. The molecule has 0 aliphatic heterocycles. The highest BCUT2D eigenvalue weighted by atomic mass is 32.1. The van der Waals surface area contributed by atoms with Crippen LogP contribution in [0.1, 0.15) is 12.5 Å². The van der Waals surface area contributed by atoms with E-state index in [1.165, 1.54) is 78.8 Å². The summed E-state index contributed by atoms with van der Waals surface area (Å²) in [4.78, 5) is 2.45. The van der Waals surface area contributed by atoms with Gasteiger partial charge >= 0.3 is 0 Å². The molecule has 0 spiro atoms. The van der Waals surface area contributed by atoms with Crippen molar-refractivity contribution in [1.82, 2.24) is 4.40 Å². The molecule has 4 heteroatoms. The predicted octanol–water partition coefficient (Wildman–Crippen LogP) is 14.3. The SMILES string of the molecule is C=c1c2ccccc2n2c1c(/C=C\C)c1cccc(N(c3ccc(-c4cccc5c4sc4ccccc45)cc3)c3ccc4sc5ccccc5c4c3)c12. The molecule has 0 N–H and O–H groups in total. The van der Waals surface area contributed by atoms with E-state index in [1.54, 1.807) is 0 Å². The van der Waals surface area contributed by atoms with Gasteiger partial charge in [-0.2, -0.15) is 0 Å². The summed E-state index contributed by atoms with van der Waals surface area (Å²) in [6.07, 6.45) is 4.38. The van der Waals surface area contributed by atoms with Crippen LogP contribution in [0.3, 0.4) is 0 Å². The molecule has 0 saturated carbocycles. The molecular weight excluding hydrogens is 681 g/mol. The van der Waals surface area contributed by atoms with E-state index in [2.05, 4.69) is 187 Å². The van der Waals surface area contributed by atoms with Gasteiger partial charge < -0.3 is 9.30 Å². The van der Waals surface area contributed by atoms with Gasteiger partial charge in [0.2, 0.25) is 0 Å². The number of rotatable bonds is 5. The molecule has 0 unspecified atom stereocenters. The van der Waals surface area contributed by atoms with E-state index in [4.69, 9.17) is 0 Å². The molecule has 2 nitrogen and oxygen atoms in total. The average molecular weight is 713 g/mol. The standard InChI is InChI=1S/C49H32N2S2/c1-3-12-38-39-17-11-20-43(48(39)51-42-19-7-4-13-34(42)30(2)47(38)51)50(33-27-28-46-41(29-33)37-15-6-8-21-44(37)52-46)32-25-23-31(24-26-32)35-16-10-18-40-36-14-5-9-22-45(36)53-49(35)40/h3-29H,2H2,1H3/b12-3-. The van der Waals surface area contributed by atoms with Gasteiger partial charge in [0.05, 0.1) is 22.2 Å². The lowest BCUT2D eigenvalue weighted by atomic mass is 10.0. The lowest BCUT2D eigenvalue weighted by molar-refractivity contribution is 1.27. The Morgan fingerprint density at radius 2 is 1.19 bits per heavy atom. The minimum absolute atomic E-state index is 1.06. The fraction of sp³-hybridized carbons (Fsp3) is 0.0204. The minimum atomic E-state index is 1.06. The number of fused-ring (bicyclic) bond motifs is 11. The third-order valence-corrected chi connectivity index (χ3v) is 13.2. The molecule has 0 aliphatic carbocycles. The first-order chi connectivity index (χ1) is 26.2. The molecule has 0 saturated heterocycles. The highest BCUT2D eigenvalue weighted by Crippen LogP contribution is 2.46. The molecule has 7 aromatic carbocycles. The van der Waals surface area contributed by atoms with Gasteiger partial charge in [-0.1, -0.05) is 116 Å². The van der Waals surface area contributed by atoms with Crippen LogP contribution in [0.4, 0.5) is 17.1 Å². The fourth-order valence-electron chi connectivity index (χ4n) is 8.49. The molecule has 4 aromatic heterocycles. The van der Waals surface area contributed by atoms with Crippen molar-refractivity contribution in [3.05, 3.63) is 169 Å². The Balaban J connectivity index is 1.18. The summed E-state index contributed by atoms with van der Waals surface area (Å²) < 4.78 is 7.70. The highest BCUT2D eigenvalue weighted by molar-refractivity contribution is 7.26. The maximum absolute atomic E-state index is 4.63. The number of anilines is 3. The maximum Gasteiger partial charge on any atom is 0.0782 e. The molecule has 11 rings (SSSR count). The number of benzene rings is 7. The van der Waals surface area contributed by atoms with E-state index in [0.29, 0.717) is 0 Å². The number of allylic oxidation sites excluding steroid dienone is 1. The first-order valence-corrected chi connectivity index (χ1v) is 19.6. The van der Waals surface area contributed by atoms with E-state index >= 15 is 0 Å². The van der Waals surface area contributed by atoms with Crippen molar-refractivity contribution < 1.29 is 0 Å². The second kappa shape index (κ2) is 11.7. The number of aromatic nitrogens is 1. The van der Waals surface area contributed by atoms with Crippen molar-refractivity contribution in [2.45, 2.75) is 6.92 Å². The molecule has 0 fully saturated rings. The van der Waals surface area contributed by atoms with Gasteiger partial charge in [0.1, 0.15) is 0 Å². The molecule has 0 amide bonds. The molecule has 11 aromatic rings. The van der Waals surface area contributed by atoms with E-state index in [9.17, 15) is 0 Å². The van der Waals surface area contributed by atoms with Crippen LogP contribution in [0.5, 0.6) is 0 Å². The monoisotopic (exact) mass is 712 g/mol. The number of nitrogens with zero attached hydrogens (tertiary/aromatic N) is 2. The van der Waals surface area contributed by atoms with Crippen molar-refractivity contribution in [3.8, 4) is 11.1 Å². The Hall–Kier alpha value is -6.20. The summed E-state index contributed by atoms with van der Waals surface area (Å²) in [5.41, 5.74) is 10.6. The van der Waals surface area contributed by atoms with Gasteiger partial charge in [-0.05, 0) is 72.6 Å². The van der Waals surface area contributed by atoms with Gasteiger partial charge in [-0.3, -0.25) is 0 Å². The number of para-hydroxylation sites is 2. The van der Waals surface area contributed by atoms with E-state index in [-0.39, 0.29) is 0 Å². The van der Waals surface area contributed by atoms with Gasteiger partial charge in [-0.15, -0.1) is 22.7 Å². The van der Waals surface area contributed by atoms with Crippen molar-refractivity contribution >= 4 is 120 Å².